The smallest absolute Gasteiger partial charge is 0.367 e. The van der Waals surface area contributed by atoms with E-state index < -0.39 is 25.6 Å². The Morgan fingerprint density at radius 2 is 1.89 bits per heavy atom. The molecule has 2 aliphatic rings. The molecule has 0 N–H and O–H groups in total. The molecule has 0 radical (unpaired) electrons. The standard InChI is InChI=1S/C29H34BrF4N7O2Si/c1-17-13-39(15-23(43-17)18-12-35-41(14-18)20-6-7-20)28-37-24(21-8-5-19(11-22(21)31)29(32,33)34)25-26(38-28)40(27(30)36-25)16-42-9-10-44(2,3)4/h5,8,11-12,14,17,20,23H,6-7,9-10,13,15-16H2,1-4H3/t17-,23-/m1/s1. The van der Waals surface area contributed by atoms with Crippen molar-refractivity contribution in [2.45, 2.75) is 76.6 Å². The number of hydrogen-bond donors (Lipinski definition) is 0. The first-order valence-corrected chi connectivity index (χ1v) is 19.1. The van der Waals surface area contributed by atoms with Crippen LogP contribution in [0.15, 0.2) is 35.3 Å². The molecule has 0 spiro atoms. The molecule has 2 fully saturated rings. The lowest BCUT2D eigenvalue weighted by atomic mass is 10.1. The number of imidazole rings is 1. The van der Waals surface area contributed by atoms with E-state index in [0.717, 1.165) is 36.6 Å². The number of anilines is 1. The van der Waals surface area contributed by atoms with Gasteiger partial charge in [-0.25, -0.2) is 14.4 Å². The first kappa shape index (κ1) is 31.1. The van der Waals surface area contributed by atoms with Gasteiger partial charge in [-0.15, -0.1) is 0 Å². The molecule has 1 aromatic carbocycles. The summed E-state index contributed by atoms with van der Waals surface area (Å²) in [6.45, 7) is 10.3. The lowest BCUT2D eigenvalue weighted by Crippen LogP contribution is -2.43. The van der Waals surface area contributed by atoms with E-state index in [-0.39, 0.29) is 41.7 Å². The fourth-order valence-corrected chi connectivity index (χ4v) is 6.38. The maximum Gasteiger partial charge on any atom is 0.416 e. The lowest BCUT2D eigenvalue weighted by molar-refractivity contribution is -0.137. The second kappa shape index (κ2) is 11.8. The van der Waals surface area contributed by atoms with Crippen molar-refractivity contribution >= 4 is 41.1 Å². The third-order valence-corrected chi connectivity index (χ3v) is 10.1. The molecule has 0 unspecified atom stereocenters. The summed E-state index contributed by atoms with van der Waals surface area (Å²) in [6, 6.07) is 3.82. The van der Waals surface area contributed by atoms with Crippen molar-refractivity contribution in [1.82, 2.24) is 29.3 Å². The maximum atomic E-state index is 15.4. The van der Waals surface area contributed by atoms with Gasteiger partial charge >= 0.3 is 6.18 Å². The molecule has 1 aliphatic heterocycles. The first-order valence-electron chi connectivity index (χ1n) is 14.6. The summed E-state index contributed by atoms with van der Waals surface area (Å²) < 4.78 is 71.8. The van der Waals surface area contributed by atoms with E-state index in [1.807, 2.05) is 28.9 Å². The number of ether oxygens (including phenoxy) is 2. The van der Waals surface area contributed by atoms with Gasteiger partial charge in [0.1, 0.15) is 29.9 Å². The van der Waals surface area contributed by atoms with E-state index in [4.69, 9.17) is 19.4 Å². The van der Waals surface area contributed by atoms with Crippen LogP contribution in [-0.4, -0.2) is 63.2 Å². The lowest BCUT2D eigenvalue weighted by Gasteiger charge is -2.36. The molecular weight excluding hydrogens is 662 g/mol. The molecule has 3 aromatic heterocycles. The Labute approximate surface area is 261 Å². The first-order chi connectivity index (χ1) is 20.8. The van der Waals surface area contributed by atoms with Crippen LogP contribution in [0.4, 0.5) is 23.5 Å². The fraction of sp³-hybridized carbons (Fsp3) is 0.517. The minimum atomic E-state index is -4.68. The minimum absolute atomic E-state index is 0.0926. The Hall–Kier alpha value is -2.88. The summed E-state index contributed by atoms with van der Waals surface area (Å²) in [4.78, 5) is 16.1. The van der Waals surface area contributed by atoms with E-state index in [1.165, 1.54) is 0 Å². The molecular formula is C29H34BrF4N7O2Si. The molecule has 15 heteroatoms. The number of rotatable bonds is 9. The van der Waals surface area contributed by atoms with Crippen LogP contribution in [0, 0.1) is 5.82 Å². The van der Waals surface area contributed by atoms with Crippen molar-refractivity contribution in [2.75, 3.05) is 24.6 Å². The van der Waals surface area contributed by atoms with Gasteiger partial charge in [0.25, 0.3) is 0 Å². The van der Waals surface area contributed by atoms with Crippen molar-refractivity contribution < 1.29 is 27.0 Å². The second-order valence-corrected chi connectivity index (χ2v) is 19.0. The van der Waals surface area contributed by atoms with Crippen molar-refractivity contribution in [3.8, 4) is 11.3 Å². The average Bonchev–Trinajstić information content (AvgIpc) is 3.58. The van der Waals surface area contributed by atoms with Crippen LogP contribution in [0.5, 0.6) is 0 Å². The zero-order valence-electron chi connectivity index (χ0n) is 24.9. The third-order valence-electron chi connectivity index (χ3n) is 7.76. The topological polar surface area (TPSA) is 83.1 Å². The van der Waals surface area contributed by atoms with Gasteiger partial charge in [-0.3, -0.25) is 9.25 Å². The molecule has 9 nitrogen and oxygen atoms in total. The third kappa shape index (κ3) is 6.70. The van der Waals surface area contributed by atoms with Gasteiger partial charge in [0.15, 0.2) is 10.4 Å². The summed E-state index contributed by atoms with van der Waals surface area (Å²) >= 11 is 3.48. The molecule has 2 atom stereocenters. The quantitative estimate of drug-likeness (QED) is 0.0791. The Bertz CT molecular complexity index is 1670. The van der Waals surface area contributed by atoms with E-state index in [0.29, 0.717) is 42.2 Å². The number of aromatic nitrogens is 6. The SMILES string of the molecule is C[C@@H]1CN(c2nc(-c3ccc(C(F)(F)F)cc3F)c3nc(Br)n(COCC[Si](C)(C)C)c3n2)C[C@H](c2cnn(C3CC3)c2)O1. The van der Waals surface area contributed by atoms with Crippen LogP contribution in [0.1, 0.15) is 43.0 Å². The predicted octanol–water partition coefficient (Wildman–Crippen LogP) is 7.22. The second-order valence-electron chi connectivity index (χ2n) is 12.7. The van der Waals surface area contributed by atoms with Gasteiger partial charge < -0.3 is 14.4 Å². The molecule has 6 rings (SSSR count). The molecule has 1 saturated heterocycles. The highest BCUT2D eigenvalue weighted by Crippen LogP contribution is 2.38. The number of alkyl halides is 3. The fourth-order valence-electron chi connectivity index (χ4n) is 5.18. The van der Waals surface area contributed by atoms with Crippen molar-refractivity contribution in [2.24, 2.45) is 0 Å². The maximum absolute atomic E-state index is 15.4. The van der Waals surface area contributed by atoms with Crippen LogP contribution >= 0.6 is 15.9 Å². The van der Waals surface area contributed by atoms with Gasteiger partial charge in [-0.05, 0) is 59.9 Å². The molecule has 0 amide bonds. The molecule has 1 saturated carbocycles. The molecule has 4 heterocycles. The van der Waals surface area contributed by atoms with E-state index >= 15 is 4.39 Å². The molecule has 0 bridgehead atoms. The largest absolute Gasteiger partial charge is 0.416 e. The van der Waals surface area contributed by atoms with Gasteiger partial charge in [-0.1, -0.05) is 19.6 Å². The van der Waals surface area contributed by atoms with E-state index in [2.05, 4.69) is 45.7 Å². The molecule has 236 valence electrons. The highest BCUT2D eigenvalue weighted by atomic mass is 79.9. The number of morpholine rings is 1. The number of fused-ring (bicyclic) bond motifs is 1. The summed E-state index contributed by atoms with van der Waals surface area (Å²) in [5.74, 6) is -0.763. The minimum Gasteiger partial charge on any atom is -0.367 e. The van der Waals surface area contributed by atoms with Crippen LogP contribution in [0.2, 0.25) is 25.7 Å². The van der Waals surface area contributed by atoms with E-state index in [1.54, 1.807) is 4.57 Å². The van der Waals surface area contributed by atoms with Crippen molar-refractivity contribution in [3.63, 3.8) is 0 Å². The van der Waals surface area contributed by atoms with Crippen LogP contribution < -0.4 is 4.90 Å². The van der Waals surface area contributed by atoms with Gasteiger partial charge in [-0.2, -0.15) is 23.3 Å². The van der Waals surface area contributed by atoms with E-state index in [9.17, 15) is 13.2 Å². The Morgan fingerprint density at radius 3 is 2.57 bits per heavy atom. The van der Waals surface area contributed by atoms with Crippen LogP contribution in [-0.2, 0) is 22.4 Å². The number of hydrogen-bond acceptors (Lipinski definition) is 7. The zero-order valence-corrected chi connectivity index (χ0v) is 27.5. The van der Waals surface area contributed by atoms with Crippen molar-refractivity contribution in [1.29, 1.82) is 0 Å². The monoisotopic (exact) mass is 695 g/mol. The molecule has 4 aromatic rings. The highest BCUT2D eigenvalue weighted by Gasteiger charge is 2.34. The summed E-state index contributed by atoms with van der Waals surface area (Å²) in [7, 11) is -1.33. The number of nitrogens with zero attached hydrogens (tertiary/aromatic N) is 7. The summed E-state index contributed by atoms with van der Waals surface area (Å²) in [6.07, 6.45) is 0.861. The zero-order chi connectivity index (χ0) is 31.4. The van der Waals surface area contributed by atoms with Gasteiger partial charge in [0.2, 0.25) is 5.95 Å². The molecule has 44 heavy (non-hydrogen) atoms. The highest BCUT2D eigenvalue weighted by molar-refractivity contribution is 9.10. The number of halogens is 5. The van der Waals surface area contributed by atoms with Gasteiger partial charge in [0.05, 0.1) is 30.5 Å². The Balaban J connectivity index is 1.40. The predicted molar refractivity (Wildman–Crippen MR) is 164 cm³/mol. The Kier molecular flexibility index (Phi) is 8.35. The molecule has 1 aliphatic carbocycles. The van der Waals surface area contributed by atoms with Crippen molar-refractivity contribution in [3.05, 3.63) is 52.3 Å². The van der Waals surface area contributed by atoms with Crippen LogP contribution in [0.25, 0.3) is 22.4 Å². The van der Waals surface area contributed by atoms with Crippen LogP contribution in [0.3, 0.4) is 0 Å². The number of benzene rings is 1. The average molecular weight is 697 g/mol. The Morgan fingerprint density at radius 1 is 1.11 bits per heavy atom. The summed E-state index contributed by atoms with van der Waals surface area (Å²) in [5, 5.41) is 4.51. The summed E-state index contributed by atoms with van der Waals surface area (Å²) in [5.41, 5.74) is 0.468. The van der Waals surface area contributed by atoms with Gasteiger partial charge in [0, 0.05) is 38.5 Å². The normalized spacial score (nSPS) is 19.7.